The molecule has 3 rings (SSSR count). The smallest absolute Gasteiger partial charge is 0.232 e. The van der Waals surface area contributed by atoms with Gasteiger partial charge in [-0.3, -0.25) is 9.00 Å². The van der Waals surface area contributed by atoms with Gasteiger partial charge in [0.2, 0.25) is 5.91 Å². The van der Waals surface area contributed by atoms with E-state index in [1.54, 1.807) is 42.3 Å². The Bertz CT molecular complexity index is 698. The van der Waals surface area contributed by atoms with Gasteiger partial charge in [0.05, 0.1) is 5.92 Å². The van der Waals surface area contributed by atoms with Crippen molar-refractivity contribution in [1.82, 2.24) is 0 Å². The molecule has 0 unspecified atom stereocenters. The predicted octanol–water partition coefficient (Wildman–Crippen LogP) is 3.25. The minimum absolute atomic E-state index is 0.0119. The van der Waals surface area contributed by atoms with Gasteiger partial charge in [-0.15, -0.1) is 11.8 Å². The van der Waals surface area contributed by atoms with Crippen molar-refractivity contribution in [3.05, 3.63) is 54.1 Å². The number of hydrogen-bond acceptors (Lipinski definition) is 3. The van der Waals surface area contributed by atoms with Crippen LogP contribution in [0.25, 0.3) is 0 Å². The van der Waals surface area contributed by atoms with E-state index in [9.17, 15) is 9.00 Å². The molecule has 2 atom stereocenters. The minimum atomic E-state index is -0.998. The first-order valence-corrected chi connectivity index (χ1v) is 9.15. The molecule has 3 nitrogen and oxygen atoms in total. The van der Waals surface area contributed by atoms with Crippen LogP contribution in [0.2, 0.25) is 0 Å². The maximum absolute atomic E-state index is 12.4. The monoisotopic (exact) mass is 317 g/mol. The fourth-order valence-electron chi connectivity index (χ4n) is 2.34. The molecule has 0 bridgehead atoms. The molecule has 0 spiro atoms. The normalized spacial score (nSPS) is 18.0. The largest absolute Gasteiger partial charge is 0.326 e. The highest BCUT2D eigenvalue weighted by Gasteiger charge is 2.28. The Labute approximate surface area is 130 Å². The topological polar surface area (TPSA) is 46.2 Å². The number of anilines is 1. The summed E-state index contributed by atoms with van der Waals surface area (Å²) in [5, 5.41) is 2.94. The average Bonchev–Trinajstić information content (AvgIpc) is 2.92. The highest BCUT2D eigenvalue weighted by Crippen LogP contribution is 2.39. The number of rotatable bonds is 3. The van der Waals surface area contributed by atoms with Gasteiger partial charge in [-0.25, -0.2) is 0 Å². The molecule has 108 valence electrons. The second kappa shape index (κ2) is 6.03. The third-order valence-electron chi connectivity index (χ3n) is 3.47. The Morgan fingerprint density at radius 1 is 1.19 bits per heavy atom. The molecule has 0 saturated heterocycles. The van der Waals surface area contributed by atoms with E-state index in [1.807, 2.05) is 18.2 Å². The van der Waals surface area contributed by atoms with Gasteiger partial charge in [-0.05, 0) is 35.9 Å². The van der Waals surface area contributed by atoms with Crippen LogP contribution >= 0.6 is 11.8 Å². The van der Waals surface area contributed by atoms with Gasteiger partial charge in [0.15, 0.2) is 0 Å². The van der Waals surface area contributed by atoms with Gasteiger partial charge < -0.3 is 5.32 Å². The molecular weight excluding hydrogens is 302 g/mol. The molecule has 5 heteroatoms. The highest BCUT2D eigenvalue weighted by atomic mass is 32.2. The van der Waals surface area contributed by atoms with Crippen LogP contribution in [0, 0.1) is 0 Å². The third kappa shape index (κ3) is 3.04. The van der Waals surface area contributed by atoms with Crippen molar-refractivity contribution in [2.45, 2.75) is 15.7 Å². The lowest BCUT2D eigenvalue weighted by molar-refractivity contribution is -0.117. The van der Waals surface area contributed by atoms with Crippen molar-refractivity contribution in [1.29, 1.82) is 0 Å². The quantitative estimate of drug-likeness (QED) is 0.945. The molecule has 0 radical (unpaired) electrons. The van der Waals surface area contributed by atoms with Crippen LogP contribution in [0.3, 0.4) is 0 Å². The third-order valence-corrected chi connectivity index (χ3v) is 5.59. The van der Waals surface area contributed by atoms with Crippen LogP contribution in [0.1, 0.15) is 11.5 Å². The molecule has 1 aliphatic heterocycles. The van der Waals surface area contributed by atoms with E-state index < -0.39 is 10.8 Å². The number of thioether (sulfide) groups is 1. The van der Waals surface area contributed by atoms with Crippen molar-refractivity contribution in [2.24, 2.45) is 0 Å². The van der Waals surface area contributed by atoms with E-state index in [-0.39, 0.29) is 11.8 Å². The second-order valence-corrected chi connectivity index (χ2v) is 7.31. The van der Waals surface area contributed by atoms with Crippen LogP contribution < -0.4 is 5.32 Å². The van der Waals surface area contributed by atoms with Crippen LogP contribution in [-0.4, -0.2) is 22.1 Å². The fourth-order valence-corrected chi connectivity index (χ4v) is 4.09. The van der Waals surface area contributed by atoms with E-state index in [1.165, 1.54) is 4.90 Å². The Hall–Kier alpha value is -1.59. The molecule has 2 aromatic carbocycles. The molecule has 1 N–H and O–H groups in total. The number of benzene rings is 2. The first kappa shape index (κ1) is 14.4. The highest BCUT2D eigenvalue weighted by molar-refractivity contribution is 7.99. The molecule has 1 heterocycles. The van der Waals surface area contributed by atoms with Crippen LogP contribution in [-0.2, 0) is 15.6 Å². The van der Waals surface area contributed by atoms with E-state index in [0.717, 1.165) is 21.9 Å². The van der Waals surface area contributed by atoms with Crippen LogP contribution in [0.5, 0.6) is 0 Å². The van der Waals surface area contributed by atoms with E-state index in [2.05, 4.69) is 11.4 Å². The maximum atomic E-state index is 12.4. The number of fused-ring (bicyclic) bond motifs is 1. The molecular formula is C16H15NO2S2. The first-order valence-electron chi connectivity index (χ1n) is 6.61. The molecule has 1 aliphatic rings. The van der Waals surface area contributed by atoms with Crippen LogP contribution in [0.4, 0.5) is 5.69 Å². The molecule has 0 saturated carbocycles. The van der Waals surface area contributed by atoms with Gasteiger partial charge in [0, 0.05) is 38.3 Å². The lowest BCUT2D eigenvalue weighted by atomic mass is 10.0. The molecule has 0 aromatic heterocycles. The summed E-state index contributed by atoms with van der Waals surface area (Å²) in [6.45, 7) is 0. The summed E-state index contributed by atoms with van der Waals surface area (Å²) in [7, 11) is -0.998. The zero-order chi connectivity index (χ0) is 14.8. The van der Waals surface area contributed by atoms with Crippen molar-refractivity contribution < 1.29 is 9.00 Å². The Balaban J connectivity index is 1.74. The van der Waals surface area contributed by atoms with Crippen molar-refractivity contribution in [2.75, 3.05) is 17.3 Å². The summed E-state index contributed by atoms with van der Waals surface area (Å²) in [6, 6.07) is 15.2. The van der Waals surface area contributed by atoms with Gasteiger partial charge in [-0.2, -0.15) is 0 Å². The predicted molar refractivity (Wildman–Crippen MR) is 87.3 cm³/mol. The first-order chi connectivity index (χ1) is 10.1. The van der Waals surface area contributed by atoms with Crippen LogP contribution in [0.15, 0.2) is 58.3 Å². The number of amides is 1. The summed E-state index contributed by atoms with van der Waals surface area (Å²) < 4.78 is 11.3. The zero-order valence-corrected chi connectivity index (χ0v) is 13.2. The van der Waals surface area contributed by atoms with E-state index in [0.29, 0.717) is 0 Å². The van der Waals surface area contributed by atoms with Gasteiger partial charge in [0.1, 0.15) is 0 Å². The van der Waals surface area contributed by atoms with Gasteiger partial charge in [0.25, 0.3) is 0 Å². The lowest BCUT2D eigenvalue weighted by Gasteiger charge is -2.11. The average molecular weight is 317 g/mol. The van der Waals surface area contributed by atoms with E-state index >= 15 is 0 Å². The molecule has 2 aromatic rings. The Kier molecular flexibility index (Phi) is 4.12. The van der Waals surface area contributed by atoms with Gasteiger partial charge >= 0.3 is 0 Å². The molecule has 0 aliphatic carbocycles. The zero-order valence-electron chi connectivity index (χ0n) is 11.5. The van der Waals surface area contributed by atoms with Crippen molar-refractivity contribution >= 4 is 34.2 Å². The molecule has 1 amide bonds. The standard InChI is InChI=1S/C16H15NO2S2/c1-21(19)12-8-6-11(7-9-12)17-16(18)14-10-20-15-5-3-2-4-13(14)15/h2-9,14H,10H2,1H3,(H,17,18)/t14-,21-/m1/s1. The Morgan fingerprint density at radius 2 is 1.90 bits per heavy atom. The number of nitrogens with one attached hydrogen (secondary N) is 1. The summed E-state index contributed by atoms with van der Waals surface area (Å²) in [5.74, 6) is 0.686. The summed E-state index contributed by atoms with van der Waals surface area (Å²) in [4.78, 5) is 14.4. The molecule has 21 heavy (non-hydrogen) atoms. The lowest BCUT2D eigenvalue weighted by Crippen LogP contribution is -2.20. The van der Waals surface area contributed by atoms with Crippen molar-refractivity contribution in [3.8, 4) is 0 Å². The second-order valence-electron chi connectivity index (χ2n) is 4.87. The summed E-state index contributed by atoms with van der Waals surface area (Å²) in [5.41, 5.74) is 1.84. The number of hydrogen-bond donors (Lipinski definition) is 1. The summed E-state index contributed by atoms with van der Waals surface area (Å²) >= 11 is 1.72. The molecule has 0 fully saturated rings. The fraction of sp³-hybridized carbons (Fsp3) is 0.188. The van der Waals surface area contributed by atoms with Crippen molar-refractivity contribution in [3.63, 3.8) is 0 Å². The number of carbonyl (C=O) groups excluding carboxylic acids is 1. The maximum Gasteiger partial charge on any atom is 0.232 e. The SMILES string of the molecule is C[S@@](=O)c1ccc(NC(=O)[C@@H]2CSc3ccccc32)cc1. The van der Waals surface area contributed by atoms with Gasteiger partial charge in [-0.1, -0.05) is 18.2 Å². The number of carbonyl (C=O) groups is 1. The Morgan fingerprint density at radius 3 is 2.62 bits per heavy atom. The summed E-state index contributed by atoms with van der Waals surface area (Å²) in [6.07, 6.45) is 1.64. The minimum Gasteiger partial charge on any atom is -0.326 e. The van der Waals surface area contributed by atoms with E-state index in [4.69, 9.17) is 0 Å².